The Morgan fingerprint density at radius 1 is 1.24 bits per heavy atom. The van der Waals surface area contributed by atoms with E-state index in [1.54, 1.807) is 7.05 Å². The Labute approximate surface area is 256 Å². The van der Waals surface area contributed by atoms with Gasteiger partial charge in [0.05, 0.1) is 41.5 Å². The summed E-state index contributed by atoms with van der Waals surface area (Å²) in [4.78, 5) is 22.3. The average Bonchev–Trinajstić information content (AvgIpc) is 3.64. The number of halogens is 5. The predicted octanol–water partition coefficient (Wildman–Crippen LogP) is 4.59. The number of carbonyl (C=O) groups excluding carboxylic acids is 2. The fourth-order valence-corrected chi connectivity index (χ4v) is 5.74. The van der Waals surface area contributed by atoms with Crippen molar-refractivity contribution >= 4 is 33.4 Å². The van der Waals surface area contributed by atoms with E-state index in [4.69, 9.17) is 10.00 Å². The number of hydrogen-bond acceptors (Lipinski definition) is 8. The maximum Gasteiger partial charge on any atom is 0.427 e. The molecular formula is C27H31F5N6O6S. The van der Waals surface area contributed by atoms with Gasteiger partial charge in [-0.05, 0) is 52.3 Å². The third kappa shape index (κ3) is 8.33. The number of benzene rings is 1. The summed E-state index contributed by atoms with van der Waals surface area (Å²) >= 11 is 0. The number of ether oxygens (including phenoxy) is 2. The summed E-state index contributed by atoms with van der Waals surface area (Å²) in [6.45, 7) is 0.987. The number of nitriles is 1. The van der Waals surface area contributed by atoms with Crippen LogP contribution in [0.2, 0.25) is 0 Å². The first-order chi connectivity index (χ1) is 20.8. The average molecular weight is 663 g/mol. The molecule has 1 fully saturated rings. The number of nitrogens with zero attached hydrogens (tertiary/aromatic N) is 4. The minimum absolute atomic E-state index is 0.00144. The van der Waals surface area contributed by atoms with Crippen molar-refractivity contribution in [2.75, 3.05) is 23.3 Å². The molecule has 4 rings (SSSR count). The highest BCUT2D eigenvalue weighted by atomic mass is 32.2. The van der Waals surface area contributed by atoms with E-state index in [9.17, 15) is 40.0 Å². The second-order valence-corrected chi connectivity index (χ2v) is 12.0. The standard InChI is InChI=1S/C19H21F5N4O5S.C6H8N2O.C2H2/c1-10-9-32-14-6-5-12(25-17(29)33-18(3,4)19(22,23)24)7-13(14)28(10)34(30,31)15-8-27(16(20)21)26-11(15)2;1-8-6(9)5-2-4(5)3-7;1-2/h5-8,10,16H,9H2,1-4H3,(H,25,29);4-5H,2H2,1H3,(H,8,9);1-2H/t10-;4?,5-;/m10./s1. The van der Waals surface area contributed by atoms with E-state index in [-0.39, 0.29) is 51.8 Å². The molecule has 45 heavy (non-hydrogen) atoms. The molecular weight excluding hydrogens is 631 g/mol. The second kappa shape index (κ2) is 14.0. The largest absolute Gasteiger partial charge is 0.489 e. The number of aromatic nitrogens is 2. The van der Waals surface area contributed by atoms with Gasteiger partial charge in [-0.1, -0.05) is 0 Å². The van der Waals surface area contributed by atoms with E-state index >= 15 is 0 Å². The molecule has 0 bridgehead atoms. The van der Waals surface area contributed by atoms with Crippen LogP contribution in [-0.2, 0) is 19.6 Å². The molecule has 3 atom stereocenters. The number of aryl methyl sites for hydroxylation is 1. The van der Waals surface area contributed by atoms with E-state index in [1.807, 2.05) is 6.07 Å². The molecule has 1 aromatic heterocycles. The van der Waals surface area contributed by atoms with Crippen LogP contribution in [0.4, 0.5) is 38.1 Å². The van der Waals surface area contributed by atoms with Crippen LogP contribution in [-0.4, -0.2) is 61.7 Å². The van der Waals surface area contributed by atoms with E-state index in [0.717, 1.165) is 16.8 Å². The molecule has 1 unspecified atom stereocenters. The Hall–Kier alpha value is -4.58. The van der Waals surface area contributed by atoms with Crippen LogP contribution in [0, 0.1) is 42.9 Å². The first kappa shape index (κ1) is 36.6. The Balaban J connectivity index is 0.000000544. The molecule has 246 valence electrons. The van der Waals surface area contributed by atoms with Gasteiger partial charge in [-0.25, -0.2) is 17.9 Å². The summed E-state index contributed by atoms with van der Waals surface area (Å²) < 4.78 is 103. The van der Waals surface area contributed by atoms with E-state index < -0.39 is 45.4 Å². The summed E-state index contributed by atoms with van der Waals surface area (Å²) in [6, 6.07) is 5.00. The van der Waals surface area contributed by atoms with Crippen molar-refractivity contribution < 1.29 is 49.4 Å². The number of carbonyl (C=O) groups is 2. The molecule has 0 spiro atoms. The maximum absolute atomic E-state index is 13.4. The van der Waals surface area contributed by atoms with Crippen LogP contribution in [0.1, 0.15) is 39.4 Å². The normalized spacial score (nSPS) is 18.8. The number of alkyl halides is 5. The highest BCUT2D eigenvalue weighted by Crippen LogP contribution is 2.41. The van der Waals surface area contributed by atoms with Gasteiger partial charge < -0.3 is 14.8 Å². The Kier molecular flexibility index (Phi) is 11.4. The van der Waals surface area contributed by atoms with Crippen molar-refractivity contribution in [2.24, 2.45) is 11.8 Å². The second-order valence-electron chi connectivity index (χ2n) is 10.2. The summed E-state index contributed by atoms with van der Waals surface area (Å²) in [5, 5.41) is 16.4. The molecule has 0 saturated heterocycles. The van der Waals surface area contributed by atoms with Gasteiger partial charge in [0, 0.05) is 12.7 Å². The summed E-state index contributed by atoms with van der Waals surface area (Å²) in [5.41, 5.74) is -3.08. The van der Waals surface area contributed by atoms with Crippen molar-refractivity contribution in [3.05, 3.63) is 30.1 Å². The monoisotopic (exact) mass is 662 g/mol. The first-order valence-corrected chi connectivity index (χ1v) is 14.4. The lowest BCUT2D eigenvalue weighted by Crippen LogP contribution is -2.45. The van der Waals surface area contributed by atoms with Crippen molar-refractivity contribution in [1.29, 1.82) is 5.26 Å². The van der Waals surface area contributed by atoms with Crippen molar-refractivity contribution in [2.45, 2.75) is 63.4 Å². The first-order valence-electron chi connectivity index (χ1n) is 13.0. The SMILES string of the molecule is C#C.CNC(=O)[C@H]1CC1C#N.Cc1nn(C(F)F)cc1S(=O)(=O)N1c2cc(NC(=O)OC(C)(C)C(F)(F)F)ccc2OC[C@H]1C. The number of terminal acetylenes is 1. The Morgan fingerprint density at radius 2 is 1.87 bits per heavy atom. The molecule has 1 aliphatic heterocycles. The van der Waals surface area contributed by atoms with Crippen LogP contribution in [0.25, 0.3) is 0 Å². The third-order valence-electron chi connectivity index (χ3n) is 6.50. The fraction of sp³-hybridized carbons (Fsp3) is 0.481. The molecule has 2 heterocycles. The predicted molar refractivity (Wildman–Crippen MR) is 151 cm³/mol. The lowest BCUT2D eigenvalue weighted by molar-refractivity contribution is -0.242. The Morgan fingerprint density at radius 3 is 2.36 bits per heavy atom. The molecule has 2 aromatic rings. The molecule has 1 saturated carbocycles. The van der Waals surface area contributed by atoms with Crippen LogP contribution < -0.4 is 19.7 Å². The van der Waals surface area contributed by atoms with Crippen LogP contribution in [0.3, 0.4) is 0 Å². The van der Waals surface area contributed by atoms with Crippen LogP contribution in [0.5, 0.6) is 5.75 Å². The van der Waals surface area contributed by atoms with Gasteiger partial charge in [0.15, 0.2) is 0 Å². The van der Waals surface area contributed by atoms with Gasteiger partial charge in [-0.3, -0.25) is 14.4 Å². The number of anilines is 2. The van der Waals surface area contributed by atoms with Crippen LogP contribution >= 0.6 is 0 Å². The van der Waals surface area contributed by atoms with Crippen molar-refractivity contribution in [1.82, 2.24) is 15.1 Å². The fourth-order valence-electron chi connectivity index (χ4n) is 3.94. The summed E-state index contributed by atoms with van der Waals surface area (Å²) in [6.07, 6.45) is 3.21. The van der Waals surface area contributed by atoms with Crippen molar-refractivity contribution in [3.63, 3.8) is 0 Å². The maximum atomic E-state index is 13.4. The molecule has 0 radical (unpaired) electrons. The highest BCUT2D eigenvalue weighted by molar-refractivity contribution is 7.93. The quantitative estimate of drug-likeness (QED) is 0.336. The summed E-state index contributed by atoms with van der Waals surface area (Å²) in [7, 11) is -2.83. The molecule has 2 aliphatic rings. The number of sulfonamides is 1. The van der Waals surface area contributed by atoms with Gasteiger partial charge in [0.2, 0.25) is 11.5 Å². The third-order valence-corrected chi connectivity index (χ3v) is 8.53. The minimum Gasteiger partial charge on any atom is -0.489 e. The van der Waals surface area contributed by atoms with Gasteiger partial charge >= 0.3 is 18.8 Å². The van der Waals surface area contributed by atoms with Crippen molar-refractivity contribution in [3.8, 4) is 24.7 Å². The zero-order valence-corrected chi connectivity index (χ0v) is 25.5. The van der Waals surface area contributed by atoms with E-state index in [0.29, 0.717) is 20.0 Å². The lowest BCUT2D eigenvalue weighted by Gasteiger charge is -2.35. The van der Waals surface area contributed by atoms with Crippen LogP contribution in [0.15, 0.2) is 29.3 Å². The lowest BCUT2D eigenvalue weighted by atomic mass is 10.1. The summed E-state index contributed by atoms with van der Waals surface area (Å²) in [5.74, 6) is 0.0709. The highest BCUT2D eigenvalue weighted by Gasteiger charge is 2.51. The number of fused-ring (bicyclic) bond motifs is 1. The smallest absolute Gasteiger partial charge is 0.427 e. The topological polar surface area (TPSA) is 156 Å². The molecule has 2 N–H and O–H groups in total. The van der Waals surface area contributed by atoms with Gasteiger partial charge in [0.25, 0.3) is 10.0 Å². The number of hydrogen-bond donors (Lipinski definition) is 2. The van der Waals surface area contributed by atoms with E-state index in [1.165, 1.54) is 26.0 Å². The minimum atomic E-state index is -4.82. The number of nitrogens with one attached hydrogen (secondary N) is 2. The number of rotatable bonds is 6. The van der Waals surface area contributed by atoms with Gasteiger partial charge in [0.1, 0.15) is 17.3 Å². The zero-order chi connectivity index (χ0) is 34.5. The Bertz CT molecular complexity index is 1570. The molecule has 1 aromatic carbocycles. The molecule has 1 aliphatic carbocycles. The molecule has 2 amide bonds. The molecule has 12 nitrogen and oxygen atoms in total. The van der Waals surface area contributed by atoms with Gasteiger partial charge in [-0.15, -0.1) is 12.8 Å². The number of amides is 2. The van der Waals surface area contributed by atoms with Gasteiger partial charge in [-0.2, -0.15) is 32.3 Å². The zero-order valence-electron chi connectivity index (χ0n) is 24.7. The van der Waals surface area contributed by atoms with E-state index in [2.05, 4.69) is 33.3 Å². The molecule has 18 heteroatoms.